The van der Waals surface area contributed by atoms with Gasteiger partial charge in [0.25, 0.3) is 11.5 Å². The molecule has 0 unspecified atom stereocenters. The summed E-state index contributed by atoms with van der Waals surface area (Å²) >= 11 is 0. The van der Waals surface area contributed by atoms with Crippen LogP contribution in [0.3, 0.4) is 0 Å². The number of H-pyrrole nitrogens is 1. The maximum absolute atomic E-state index is 12.9. The summed E-state index contributed by atoms with van der Waals surface area (Å²) in [5.74, 6) is 0.0728. The predicted octanol–water partition coefficient (Wildman–Crippen LogP) is 1.49. The molecule has 0 radical (unpaired) electrons. The number of carbonyl (C=O) groups is 1. The van der Waals surface area contributed by atoms with Gasteiger partial charge in [0.2, 0.25) is 0 Å². The number of rotatable bonds is 4. The topological polar surface area (TPSA) is 74.2 Å². The minimum atomic E-state index is -0.0752. The molecule has 1 saturated heterocycles. The minimum Gasteiger partial charge on any atom is -0.360 e. The van der Waals surface area contributed by atoms with Crippen molar-refractivity contribution in [1.29, 1.82) is 0 Å². The first-order chi connectivity index (χ1) is 13.1. The highest BCUT2D eigenvalue weighted by Crippen LogP contribution is 2.20. The summed E-state index contributed by atoms with van der Waals surface area (Å²) in [7, 11) is 0. The molecule has 1 aliphatic rings. The molecule has 1 N–H and O–H groups in total. The Morgan fingerprint density at radius 2 is 1.85 bits per heavy atom. The number of hydrogen-bond donors (Lipinski definition) is 1. The molecule has 2 aromatic heterocycles. The van der Waals surface area contributed by atoms with E-state index in [9.17, 15) is 9.59 Å². The van der Waals surface area contributed by atoms with Crippen LogP contribution in [0, 0.1) is 6.92 Å². The van der Waals surface area contributed by atoms with Crippen LogP contribution in [0.2, 0.25) is 0 Å². The standard InChI is InChI=1S/C20H23N5O2/c1-15-6-7-19(26)25(22-15)13-10-23-8-11-24(12-9-23)20(27)17-14-21-18-5-3-2-4-16(17)18/h2-7,14,21H,8-13H2,1H3. The fourth-order valence-corrected chi connectivity index (χ4v) is 3.54. The smallest absolute Gasteiger partial charge is 0.266 e. The number of para-hydroxylation sites is 1. The molecule has 0 bridgehead atoms. The molecule has 0 aliphatic carbocycles. The van der Waals surface area contributed by atoms with Crippen LogP contribution in [0.1, 0.15) is 16.1 Å². The van der Waals surface area contributed by atoms with Crippen LogP contribution < -0.4 is 5.56 Å². The van der Waals surface area contributed by atoms with Gasteiger partial charge in [-0.05, 0) is 19.1 Å². The number of amides is 1. The van der Waals surface area contributed by atoms with Gasteiger partial charge in [-0.3, -0.25) is 14.5 Å². The number of nitrogens with one attached hydrogen (secondary N) is 1. The molecule has 1 aromatic carbocycles. The number of benzene rings is 1. The van der Waals surface area contributed by atoms with Crippen LogP contribution in [0.25, 0.3) is 10.9 Å². The van der Waals surface area contributed by atoms with Gasteiger partial charge in [0.05, 0.1) is 17.8 Å². The van der Waals surface area contributed by atoms with Gasteiger partial charge >= 0.3 is 0 Å². The molecule has 4 rings (SSSR count). The summed E-state index contributed by atoms with van der Waals surface area (Å²) < 4.78 is 1.51. The maximum atomic E-state index is 12.9. The Kier molecular flexibility index (Phi) is 4.77. The van der Waals surface area contributed by atoms with E-state index in [4.69, 9.17) is 0 Å². The maximum Gasteiger partial charge on any atom is 0.266 e. The molecule has 1 fully saturated rings. The minimum absolute atomic E-state index is 0.0728. The summed E-state index contributed by atoms with van der Waals surface area (Å²) in [6.07, 6.45) is 1.80. The molecule has 3 aromatic rings. The third-order valence-electron chi connectivity index (χ3n) is 5.11. The van der Waals surface area contributed by atoms with Crippen LogP contribution in [0.4, 0.5) is 0 Å². The monoisotopic (exact) mass is 365 g/mol. The van der Waals surface area contributed by atoms with Gasteiger partial charge in [0.1, 0.15) is 0 Å². The average Bonchev–Trinajstić information content (AvgIpc) is 3.13. The van der Waals surface area contributed by atoms with Crippen molar-refractivity contribution in [1.82, 2.24) is 24.6 Å². The predicted molar refractivity (Wildman–Crippen MR) is 104 cm³/mol. The first-order valence-corrected chi connectivity index (χ1v) is 9.24. The molecule has 0 spiro atoms. The van der Waals surface area contributed by atoms with Crippen molar-refractivity contribution in [3.63, 3.8) is 0 Å². The second-order valence-corrected chi connectivity index (χ2v) is 6.92. The molecular formula is C20H23N5O2. The fraction of sp³-hybridized carbons (Fsp3) is 0.350. The Balaban J connectivity index is 1.35. The fourth-order valence-electron chi connectivity index (χ4n) is 3.54. The number of aryl methyl sites for hydroxylation is 1. The van der Waals surface area contributed by atoms with E-state index in [0.29, 0.717) is 19.6 Å². The summed E-state index contributed by atoms with van der Waals surface area (Å²) in [6.45, 7) is 6.18. The van der Waals surface area contributed by atoms with Crippen LogP contribution in [0.15, 0.2) is 47.4 Å². The highest BCUT2D eigenvalue weighted by molar-refractivity contribution is 6.06. The van der Waals surface area contributed by atoms with Gasteiger partial charge in [-0.1, -0.05) is 18.2 Å². The SMILES string of the molecule is Cc1ccc(=O)n(CCN2CCN(C(=O)c3c[nH]c4ccccc34)CC2)n1. The van der Waals surface area contributed by atoms with E-state index < -0.39 is 0 Å². The Labute approximate surface area is 157 Å². The zero-order valence-electron chi connectivity index (χ0n) is 15.4. The van der Waals surface area contributed by atoms with E-state index in [2.05, 4.69) is 15.0 Å². The van der Waals surface area contributed by atoms with Gasteiger partial charge in [-0.25, -0.2) is 4.68 Å². The lowest BCUT2D eigenvalue weighted by atomic mass is 10.1. The van der Waals surface area contributed by atoms with E-state index in [1.165, 1.54) is 4.68 Å². The number of hydrogen-bond acceptors (Lipinski definition) is 4. The number of carbonyl (C=O) groups excluding carboxylic acids is 1. The highest BCUT2D eigenvalue weighted by Gasteiger charge is 2.23. The quantitative estimate of drug-likeness (QED) is 0.760. The van der Waals surface area contributed by atoms with Crippen molar-refractivity contribution in [3.8, 4) is 0 Å². The Hall–Kier alpha value is -2.93. The first kappa shape index (κ1) is 17.5. The van der Waals surface area contributed by atoms with Crippen molar-refractivity contribution < 1.29 is 4.79 Å². The molecule has 1 aliphatic heterocycles. The lowest BCUT2D eigenvalue weighted by Gasteiger charge is -2.34. The van der Waals surface area contributed by atoms with Crippen LogP contribution in [0.5, 0.6) is 0 Å². The molecule has 0 atom stereocenters. The van der Waals surface area contributed by atoms with Crippen molar-refractivity contribution in [2.24, 2.45) is 0 Å². The second-order valence-electron chi connectivity index (χ2n) is 6.92. The molecule has 27 heavy (non-hydrogen) atoms. The molecule has 7 nitrogen and oxygen atoms in total. The largest absolute Gasteiger partial charge is 0.360 e. The molecule has 0 saturated carbocycles. The summed E-state index contributed by atoms with van der Waals surface area (Å²) in [6, 6.07) is 11.1. The summed E-state index contributed by atoms with van der Waals surface area (Å²) in [5.41, 5.74) is 2.47. The van der Waals surface area contributed by atoms with Crippen LogP contribution in [-0.4, -0.2) is 63.2 Å². The molecular weight excluding hydrogens is 342 g/mol. The van der Waals surface area contributed by atoms with Gasteiger partial charge in [0.15, 0.2) is 0 Å². The Bertz CT molecular complexity index is 1010. The van der Waals surface area contributed by atoms with Crippen molar-refractivity contribution in [3.05, 3.63) is 64.2 Å². The number of piperazine rings is 1. The molecule has 1 amide bonds. The number of aromatic nitrogens is 3. The van der Waals surface area contributed by atoms with Crippen LogP contribution >= 0.6 is 0 Å². The molecule has 7 heteroatoms. The van der Waals surface area contributed by atoms with E-state index >= 15 is 0 Å². The van der Waals surface area contributed by atoms with Gasteiger partial charge < -0.3 is 9.88 Å². The van der Waals surface area contributed by atoms with Crippen molar-refractivity contribution in [2.45, 2.75) is 13.5 Å². The van der Waals surface area contributed by atoms with Crippen molar-refractivity contribution in [2.75, 3.05) is 32.7 Å². The van der Waals surface area contributed by atoms with E-state index in [0.717, 1.165) is 41.8 Å². The Morgan fingerprint density at radius 1 is 1.07 bits per heavy atom. The lowest BCUT2D eigenvalue weighted by Crippen LogP contribution is -2.49. The van der Waals surface area contributed by atoms with Gasteiger partial charge in [-0.15, -0.1) is 0 Å². The molecule has 3 heterocycles. The number of nitrogens with zero attached hydrogens (tertiary/aromatic N) is 4. The lowest BCUT2D eigenvalue weighted by molar-refractivity contribution is 0.0633. The van der Waals surface area contributed by atoms with E-state index in [1.807, 2.05) is 36.1 Å². The first-order valence-electron chi connectivity index (χ1n) is 9.24. The summed E-state index contributed by atoms with van der Waals surface area (Å²) in [4.78, 5) is 32.1. The highest BCUT2D eigenvalue weighted by atomic mass is 16.2. The summed E-state index contributed by atoms with van der Waals surface area (Å²) in [5, 5.41) is 5.24. The number of fused-ring (bicyclic) bond motifs is 1. The van der Waals surface area contributed by atoms with E-state index in [1.54, 1.807) is 18.3 Å². The zero-order valence-corrected chi connectivity index (χ0v) is 15.4. The van der Waals surface area contributed by atoms with Gasteiger partial charge in [-0.2, -0.15) is 5.10 Å². The zero-order chi connectivity index (χ0) is 18.8. The Morgan fingerprint density at radius 3 is 2.67 bits per heavy atom. The average molecular weight is 365 g/mol. The second kappa shape index (κ2) is 7.36. The van der Waals surface area contributed by atoms with Crippen LogP contribution in [-0.2, 0) is 6.54 Å². The van der Waals surface area contributed by atoms with Crippen molar-refractivity contribution >= 4 is 16.8 Å². The molecule has 140 valence electrons. The number of aromatic amines is 1. The normalized spacial score (nSPS) is 15.4. The third-order valence-corrected chi connectivity index (χ3v) is 5.11. The third kappa shape index (κ3) is 3.64. The van der Waals surface area contributed by atoms with E-state index in [-0.39, 0.29) is 11.5 Å². The van der Waals surface area contributed by atoms with Gasteiger partial charge in [0, 0.05) is 55.9 Å².